The Hall–Kier alpha value is -2.64. The van der Waals surface area contributed by atoms with E-state index in [1.54, 1.807) is 0 Å². The average molecular weight is 407 g/mol. The van der Waals surface area contributed by atoms with Gasteiger partial charge in [-0.1, -0.05) is 18.2 Å². The van der Waals surface area contributed by atoms with E-state index < -0.39 is 11.7 Å². The van der Waals surface area contributed by atoms with Crippen molar-refractivity contribution < 1.29 is 22.7 Å². The first-order valence-corrected chi connectivity index (χ1v) is 9.63. The number of amides is 1. The number of hydrogen-bond acceptors (Lipinski definition) is 4. The molecule has 0 saturated heterocycles. The summed E-state index contributed by atoms with van der Waals surface area (Å²) in [7, 11) is 0. The third-order valence-corrected chi connectivity index (χ3v) is 4.89. The Bertz CT molecular complexity index is 842. The monoisotopic (exact) mass is 407 g/mol. The molecule has 5 nitrogen and oxygen atoms in total. The molecule has 0 unspecified atom stereocenters. The molecule has 1 heterocycles. The number of ether oxygens (including phenoxy) is 1. The molecule has 0 spiro atoms. The van der Waals surface area contributed by atoms with Gasteiger partial charge in [0.25, 0.3) is 0 Å². The van der Waals surface area contributed by atoms with Crippen molar-refractivity contribution in [2.75, 3.05) is 0 Å². The van der Waals surface area contributed by atoms with Crippen molar-refractivity contribution in [3.63, 3.8) is 0 Å². The SMILES string of the molecule is Cc1cc(C)nc(OC2CCC(NC(=O)Cc3cccc(C(F)(F)F)c3)CC2)n1. The quantitative estimate of drug-likeness (QED) is 0.808. The maximum Gasteiger partial charge on any atom is 0.416 e. The molecule has 2 aromatic rings. The lowest BCUT2D eigenvalue weighted by Crippen LogP contribution is -2.40. The Balaban J connectivity index is 1.47. The van der Waals surface area contributed by atoms with Crippen molar-refractivity contribution in [2.45, 2.75) is 64.3 Å². The van der Waals surface area contributed by atoms with E-state index in [2.05, 4.69) is 15.3 Å². The largest absolute Gasteiger partial charge is 0.460 e. The molecule has 1 aliphatic rings. The van der Waals surface area contributed by atoms with Crippen molar-refractivity contribution in [1.82, 2.24) is 15.3 Å². The van der Waals surface area contributed by atoms with Gasteiger partial charge in [-0.3, -0.25) is 4.79 Å². The maximum atomic E-state index is 12.8. The van der Waals surface area contributed by atoms with Crippen LogP contribution in [0.1, 0.15) is 48.2 Å². The van der Waals surface area contributed by atoms with Gasteiger partial charge in [0.2, 0.25) is 5.91 Å². The second kappa shape index (κ2) is 8.80. The normalized spacial score (nSPS) is 19.6. The maximum absolute atomic E-state index is 12.8. The number of nitrogens with zero attached hydrogens (tertiary/aromatic N) is 2. The zero-order chi connectivity index (χ0) is 21.0. The van der Waals surface area contributed by atoms with E-state index in [0.717, 1.165) is 49.2 Å². The van der Waals surface area contributed by atoms with Crippen molar-refractivity contribution in [1.29, 1.82) is 0 Å². The molecule has 1 N–H and O–H groups in total. The van der Waals surface area contributed by atoms with E-state index in [9.17, 15) is 18.0 Å². The summed E-state index contributed by atoms with van der Waals surface area (Å²) in [6.07, 6.45) is -1.50. The molecule has 1 amide bonds. The minimum absolute atomic E-state index is 0.00619. The van der Waals surface area contributed by atoms with Crippen LogP contribution in [0, 0.1) is 13.8 Å². The average Bonchev–Trinajstić information content (AvgIpc) is 2.62. The number of carbonyl (C=O) groups is 1. The van der Waals surface area contributed by atoms with Crippen LogP contribution < -0.4 is 10.1 Å². The van der Waals surface area contributed by atoms with Crippen LogP contribution in [0.4, 0.5) is 13.2 Å². The molecule has 0 atom stereocenters. The summed E-state index contributed by atoms with van der Waals surface area (Å²) >= 11 is 0. The number of aryl methyl sites for hydroxylation is 2. The number of halogens is 3. The minimum Gasteiger partial charge on any atom is -0.460 e. The number of nitrogens with one attached hydrogen (secondary N) is 1. The van der Waals surface area contributed by atoms with Crippen molar-refractivity contribution >= 4 is 5.91 Å². The Labute approximate surface area is 167 Å². The number of hydrogen-bond donors (Lipinski definition) is 1. The van der Waals surface area contributed by atoms with Crippen molar-refractivity contribution in [2.24, 2.45) is 0 Å². The van der Waals surface area contributed by atoms with Gasteiger partial charge in [-0.05, 0) is 57.2 Å². The van der Waals surface area contributed by atoms with Gasteiger partial charge < -0.3 is 10.1 Å². The molecule has 0 aliphatic heterocycles. The van der Waals surface area contributed by atoms with Crippen molar-refractivity contribution in [3.8, 4) is 6.01 Å². The van der Waals surface area contributed by atoms with E-state index in [1.807, 2.05) is 19.9 Å². The summed E-state index contributed by atoms with van der Waals surface area (Å²) in [5, 5.41) is 2.92. The lowest BCUT2D eigenvalue weighted by Gasteiger charge is -2.29. The predicted molar refractivity (Wildman–Crippen MR) is 101 cm³/mol. The zero-order valence-corrected chi connectivity index (χ0v) is 16.4. The molecule has 1 aromatic heterocycles. The van der Waals surface area contributed by atoms with Gasteiger partial charge in [-0.25, -0.2) is 9.97 Å². The van der Waals surface area contributed by atoms with E-state index in [1.165, 1.54) is 12.1 Å². The summed E-state index contributed by atoms with van der Waals surface area (Å²) in [5.74, 6) is -0.272. The number of alkyl halides is 3. The summed E-state index contributed by atoms with van der Waals surface area (Å²) in [4.78, 5) is 20.8. The van der Waals surface area contributed by atoms with E-state index in [0.29, 0.717) is 11.6 Å². The molecular formula is C21H24F3N3O2. The Morgan fingerprint density at radius 2 is 1.76 bits per heavy atom. The standard InChI is InChI=1S/C21H24F3N3O2/c1-13-10-14(2)26-20(25-13)29-18-8-6-17(7-9-18)27-19(28)12-15-4-3-5-16(11-15)21(22,23)24/h3-5,10-11,17-18H,6-9,12H2,1-2H3,(H,27,28). The highest BCUT2D eigenvalue weighted by molar-refractivity contribution is 5.78. The highest BCUT2D eigenvalue weighted by Crippen LogP contribution is 2.29. The fourth-order valence-corrected chi connectivity index (χ4v) is 3.54. The second-order valence-corrected chi connectivity index (χ2v) is 7.47. The first kappa shape index (κ1) is 21.1. The van der Waals surface area contributed by atoms with Gasteiger partial charge >= 0.3 is 12.2 Å². The highest BCUT2D eigenvalue weighted by Gasteiger charge is 2.30. The lowest BCUT2D eigenvalue weighted by molar-refractivity contribution is -0.137. The summed E-state index contributed by atoms with van der Waals surface area (Å²) in [6.45, 7) is 3.77. The van der Waals surface area contributed by atoms with Gasteiger partial charge in [0.1, 0.15) is 6.10 Å². The molecule has 1 aromatic carbocycles. The van der Waals surface area contributed by atoms with Crippen LogP contribution in [0.3, 0.4) is 0 Å². The first-order chi connectivity index (χ1) is 13.7. The number of aromatic nitrogens is 2. The van der Waals surface area contributed by atoms with Gasteiger partial charge in [0, 0.05) is 17.4 Å². The van der Waals surface area contributed by atoms with Crippen LogP contribution in [0.25, 0.3) is 0 Å². The van der Waals surface area contributed by atoms with Crippen LogP contribution >= 0.6 is 0 Å². The Kier molecular flexibility index (Phi) is 6.39. The summed E-state index contributed by atoms with van der Waals surface area (Å²) < 4.78 is 44.3. The molecule has 1 aliphatic carbocycles. The van der Waals surface area contributed by atoms with Gasteiger partial charge in [0.15, 0.2) is 0 Å². The molecule has 29 heavy (non-hydrogen) atoms. The summed E-state index contributed by atoms with van der Waals surface area (Å²) in [6, 6.07) is 7.12. The zero-order valence-electron chi connectivity index (χ0n) is 16.4. The number of rotatable bonds is 5. The highest BCUT2D eigenvalue weighted by atomic mass is 19.4. The molecule has 1 fully saturated rings. The molecule has 0 bridgehead atoms. The molecular weight excluding hydrogens is 383 g/mol. The Morgan fingerprint density at radius 1 is 1.10 bits per heavy atom. The molecule has 0 radical (unpaired) electrons. The number of benzene rings is 1. The fourth-order valence-electron chi connectivity index (χ4n) is 3.54. The Morgan fingerprint density at radius 3 is 2.38 bits per heavy atom. The predicted octanol–water partition coefficient (Wildman–Crippen LogP) is 4.16. The first-order valence-electron chi connectivity index (χ1n) is 9.63. The number of carbonyl (C=O) groups excluding carboxylic acids is 1. The van der Waals surface area contributed by atoms with E-state index in [4.69, 9.17) is 4.74 Å². The van der Waals surface area contributed by atoms with Gasteiger partial charge in [-0.15, -0.1) is 0 Å². The molecule has 1 saturated carbocycles. The van der Waals surface area contributed by atoms with Crippen LogP contribution in [0.15, 0.2) is 30.3 Å². The topological polar surface area (TPSA) is 64.1 Å². The second-order valence-electron chi connectivity index (χ2n) is 7.47. The summed E-state index contributed by atoms with van der Waals surface area (Å²) in [5.41, 5.74) is 1.31. The third-order valence-electron chi connectivity index (χ3n) is 4.89. The van der Waals surface area contributed by atoms with Gasteiger partial charge in [0.05, 0.1) is 12.0 Å². The fraction of sp³-hybridized carbons (Fsp3) is 0.476. The lowest BCUT2D eigenvalue weighted by atomic mass is 9.92. The molecule has 156 valence electrons. The smallest absolute Gasteiger partial charge is 0.416 e. The van der Waals surface area contributed by atoms with Crippen LogP contribution in [-0.4, -0.2) is 28.0 Å². The van der Waals surface area contributed by atoms with Gasteiger partial charge in [-0.2, -0.15) is 13.2 Å². The van der Waals surface area contributed by atoms with E-state index >= 15 is 0 Å². The molecule has 3 rings (SSSR count). The molecule has 8 heteroatoms. The van der Waals surface area contributed by atoms with E-state index in [-0.39, 0.29) is 24.5 Å². The van der Waals surface area contributed by atoms with Crippen molar-refractivity contribution in [3.05, 3.63) is 52.8 Å². The van der Waals surface area contributed by atoms with Crippen LogP contribution in [0.2, 0.25) is 0 Å². The van der Waals surface area contributed by atoms with Crippen LogP contribution in [0.5, 0.6) is 6.01 Å². The minimum atomic E-state index is -4.41. The third kappa shape index (κ3) is 6.17. The van der Waals surface area contributed by atoms with Crippen LogP contribution in [-0.2, 0) is 17.4 Å².